The number of rotatable bonds is 2. The predicted molar refractivity (Wildman–Crippen MR) is 35.4 cm³/mol. The molecule has 0 atom stereocenters. The van der Waals surface area contributed by atoms with Crippen LogP contribution in [0.15, 0.2) is 0 Å². The molecule has 0 aromatic carbocycles. The van der Waals surface area contributed by atoms with E-state index in [0.717, 1.165) is 0 Å². The summed E-state index contributed by atoms with van der Waals surface area (Å²) in [5.41, 5.74) is 0. The largest absolute Gasteiger partial charge is 0.395 e. The van der Waals surface area contributed by atoms with Gasteiger partial charge in [0, 0.05) is 0 Å². The van der Waals surface area contributed by atoms with Gasteiger partial charge in [0.05, 0.1) is 12.3 Å². The first-order chi connectivity index (χ1) is 5.41. The average Bonchev–Trinajstić information content (AvgIpc) is 1.43. The second kappa shape index (κ2) is 3.52. The zero-order valence-corrected chi connectivity index (χ0v) is 7.43. The summed E-state index contributed by atoms with van der Waals surface area (Å²) in [4.78, 5) is 0. The summed E-state index contributed by atoms with van der Waals surface area (Å²) < 4.78 is 80.3. The Kier molecular flexibility index (Phi) is 3.47. The van der Waals surface area contributed by atoms with Gasteiger partial charge in [-0.25, -0.2) is 0 Å². The fraction of sp³-hybridized carbons (Fsp3) is 1.00. The van der Waals surface area contributed by atoms with Gasteiger partial charge in [-0.2, -0.15) is 26.3 Å². The fourth-order valence-electron chi connectivity index (χ4n) is 0.814. The molecular formula is C5H7F6OP. The summed E-state index contributed by atoms with van der Waals surface area (Å²) in [5.74, 6) is 0. The van der Waals surface area contributed by atoms with Gasteiger partial charge in [0.15, 0.2) is 0 Å². The third-order valence-corrected chi connectivity index (χ3v) is 3.08. The highest BCUT2D eigenvalue weighted by atomic mass is 31.2. The summed E-state index contributed by atoms with van der Waals surface area (Å²) in [5, 5.41) is 0. The Hall–Kier alpha value is -0.190. The van der Waals surface area contributed by atoms with Gasteiger partial charge in [-0.05, 0) is 6.66 Å². The van der Waals surface area contributed by atoms with E-state index >= 15 is 0 Å². The van der Waals surface area contributed by atoms with Gasteiger partial charge in [-0.15, -0.1) is 0 Å². The molecule has 0 radical (unpaired) electrons. The van der Waals surface area contributed by atoms with Crippen molar-refractivity contribution in [3.05, 3.63) is 0 Å². The third kappa shape index (κ3) is 8.15. The Morgan fingerprint density at radius 3 is 1.31 bits per heavy atom. The molecule has 13 heavy (non-hydrogen) atoms. The minimum Gasteiger partial charge on any atom is -0.323 e. The molecule has 0 aliphatic heterocycles. The molecule has 0 aliphatic carbocycles. The zero-order valence-electron chi connectivity index (χ0n) is 6.54. The van der Waals surface area contributed by atoms with Crippen molar-refractivity contribution in [2.24, 2.45) is 0 Å². The van der Waals surface area contributed by atoms with E-state index in [1.165, 1.54) is 0 Å². The van der Waals surface area contributed by atoms with Crippen molar-refractivity contribution in [2.75, 3.05) is 19.0 Å². The topological polar surface area (TPSA) is 17.1 Å². The molecule has 0 fully saturated rings. The highest BCUT2D eigenvalue weighted by Gasteiger charge is 2.42. The van der Waals surface area contributed by atoms with Gasteiger partial charge in [0.2, 0.25) is 0 Å². The standard InChI is InChI=1S/C5H7F6OP/c1-13(12,2-4(6,7)8)3-5(9,10)11/h2-3H2,1H3. The quantitative estimate of drug-likeness (QED) is 0.524. The molecule has 0 aliphatic rings. The second-order valence-corrected chi connectivity index (χ2v) is 6.07. The van der Waals surface area contributed by atoms with Gasteiger partial charge in [0.25, 0.3) is 0 Å². The van der Waals surface area contributed by atoms with E-state index in [2.05, 4.69) is 0 Å². The fourth-order valence-corrected chi connectivity index (χ4v) is 2.44. The summed E-state index contributed by atoms with van der Waals surface area (Å²) in [6, 6.07) is 0. The van der Waals surface area contributed by atoms with Crippen LogP contribution in [-0.4, -0.2) is 31.3 Å². The molecule has 0 unspecified atom stereocenters. The van der Waals surface area contributed by atoms with Crippen molar-refractivity contribution in [1.29, 1.82) is 0 Å². The molecule has 0 rings (SSSR count). The first kappa shape index (κ1) is 12.8. The van der Waals surface area contributed by atoms with E-state index < -0.39 is 31.8 Å². The average molecular weight is 228 g/mol. The van der Waals surface area contributed by atoms with Crippen LogP contribution in [0.25, 0.3) is 0 Å². The minimum atomic E-state index is -4.81. The predicted octanol–water partition coefficient (Wildman–Crippen LogP) is 3.10. The number of hydrogen-bond acceptors (Lipinski definition) is 1. The highest BCUT2D eigenvalue weighted by Crippen LogP contribution is 2.49. The highest BCUT2D eigenvalue weighted by molar-refractivity contribution is 7.63. The summed E-state index contributed by atoms with van der Waals surface area (Å²) in [7, 11) is -4.19. The van der Waals surface area contributed by atoms with Crippen LogP contribution in [-0.2, 0) is 4.57 Å². The van der Waals surface area contributed by atoms with Crippen molar-refractivity contribution < 1.29 is 30.9 Å². The summed E-state index contributed by atoms with van der Waals surface area (Å²) in [6.45, 7) is 0.508. The van der Waals surface area contributed by atoms with E-state index in [-0.39, 0.29) is 0 Å². The third-order valence-electron chi connectivity index (χ3n) is 1.03. The van der Waals surface area contributed by atoms with E-state index in [0.29, 0.717) is 6.66 Å². The lowest BCUT2D eigenvalue weighted by Crippen LogP contribution is -2.21. The number of halogens is 6. The van der Waals surface area contributed by atoms with Crippen LogP contribution in [0.2, 0.25) is 0 Å². The lowest BCUT2D eigenvalue weighted by atomic mass is 10.8. The minimum absolute atomic E-state index is 0.508. The van der Waals surface area contributed by atoms with Gasteiger partial charge in [-0.3, -0.25) is 0 Å². The Labute approximate surface area is 70.5 Å². The SMILES string of the molecule is CP(=O)(CC(F)(F)F)CC(F)(F)F. The van der Waals surface area contributed by atoms with Crippen LogP contribution < -0.4 is 0 Å². The van der Waals surface area contributed by atoms with E-state index in [1.807, 2.05) is 0 Å². The molecule has 8 heteroatoms. The van der Waals surface area contributed by atoms with E-state index in [9.17, 15) is 30.9 Å². The Morgan fingerprint density at radius 1 is 0.923 bits per heavy atom. The first-order valence-electron chi connectivity index (χ1n) is 3.10. The zero-order chi connectivity index (χ0) is 10.9. The van der Waals surface area contributed by atoms with Crippen molar-refractivity contribution in [1.82, 2.24) is 0 Å². The molecule has 0 aromatic heterocycles. The van der Waals surface area contributed by atoms with Gasteiger partial charge >= 0.3 is 12.4 Å². The molecule has 0 aromatic rings. The van der Waals surface area contributed by atoms with E-state index in [4.69, 9.17) is 0 Å². The second-order valence-electron chi connectivity index (χ2n) is 2.84. The number of alkyl halides is 6. The molecule has 1 nitrogen and oxygen atoms in total. The number of hydrogen-bond donors (Lipinski definition) is 0. The molecule has 0 saturated carbocycles. The lowest BCUT2D eigenvalue weighted by molar-refractivity contribution is -0.112. The van der Waals surface area contributed by atoms with Crippen LogP contribution in [0.1, 0.15) is 0 Å². The van der Waals surface area contributed by atoms with Gasteiger partial charge < -0.3 is 4.57 Å². The van der Waals surface area contributed by atoms with Crippen molar-refractivity contribution >= 4 is 7.14 Å². The molecule has 0 spiro atoms. The molecule has 0 saturated heterocycles. The Balaban J connectivity index is 4.35. The van der Waals surface area contributed by atoms with Crippen LogP contribution in [0, 0.1) is 0 Å². The summed E-state index contributed by atoms with van der Waals surface area (Å²) in [6.07, 6.45) is -13.3. The maximum Gasteiger partial charge on any atom is 0.395 e. The van der Waals surface area contributed by atoms with Crippen LogP contribution in [0.5, 0.6) is 0 Å². The van der Waals surface area contributed by atoms with Crippen molar-refractivity contribution in [3.8, 4) is 0 Å². The first-order valence-corrected chi connectivity index (χ1v) is 5.63. The normalized spacial score (nSPS) is 14.7. The van der Waals surface area contributed by atoms with Gasteiger partial charge in [0.1, 0.15) is 7.14 Å². The monoisotopic (exact) mass is 228 g/mol. The van der Waals surface area contributed by atoms with Crippen molar-refractivity contribution in [2.45, 2.75) is 12.4 Å². The molecular weight excluding hydrogens is 221 g/mol. The van der Waals surface area contributed by atoms with Crippen LogP contribution in [0.3, 0.4) is 0 Å². The maximum atomic E-state index is 11.6. The van der Waals surface area contributed by atoms with Crippen LogP contribution in [0.4, 0.5) is 26.3 Å². The van der Waals surface area contributed by atoms with Gasteiger partial charge in [-0.1, -0.05) is 0 Å². The summed E-state index contributed by atoms with van der Waals surface area (Å²) >= 11 is 0. The smallest absolute Gasteiger partial charge is 0.323 e. The maximum absolute atomic E-state index is 11.6. The van der Waals surface area contributed by atoms with Crippen molar-refractivity contribution in [3.63, 3.8) is 0 Å². The molecule has 0 heterocycles. The molecule has 0 bridgehead atoms. The van der Waals surface area contributed by atoms with Crippen LogP contribution >= 0.6 is 7.14 Å². The molecule has 0 N–H and O–H groups in total. The molecule has 0 amide bonds. The Morgan fingerprint density at radius 2 is 1.15 bits per heavy atom. The van der Waals surface area contributed by atoms with E-state index in [1.54, 1.807) is 0 Å². The molecule has 80 valence electrons. The Bertz CT molecular complexity index is 196. The lowest BCUT2D eigenvalue weighted by Gasteiger charge is -2.16.